The van der Waals surface area contributed by atoms with E-state index in [0.717, 1.165) is 12.2 Å². The Labute approximate surface area is 110 Å². The summed E-state index contributed by atoms with van der Waals surface area (Å²) in [7, 11) is 0. The first-order chi connectivity index (χ1) is 8.52. The summed E-state index contributed by atoms with van der Waals surface area (Å²) in [5, 5.41) is 12.0. The summed E-state index contributed by atoms with van der Waals surface area (Å²) in [5.74, 6) is 0.297. The van der Waals surface area contributed by atoms with Gasteiger partial charge in [0.1, 0.15) is 6.04 Å². The van der Waals surface area contributed by atoms with Gasteiger partial charge in [-0.2, -0.15) is 11.8 Å². The standard InChI is InChI=1S/C11H18N2O4S/c1-11(2-4-17-7-11)12-10(16)13-3-5-18-6-8(13)9(14)15/h8H,2-7H2,1H3,(H,12,16)(H,14,15). The van der Waals surface area contributed by atoms with E-state index in [9.17, 15) is 9.59 Å². The molecule has 2 aliphatic rings. The SMILES string of the molecule is CC1(NC(=O)N2CCSCC2C(=O)O)CCOC1. The lowest BCUT2D eigenvalue weighted by Crippen LogP contribution is -2.58. The topological polar surface area (TPSA) is 78.9 Å². The van der Waals surface area contributed by atoms with Crippen LogP contribution >= 0.6 is 11.8 Å². The van der Waals surface area contributed by atoms with Crippen molar-refractivity contribution in [3.8, 4) is 0 Å². The number of aliphatic carboxylic acids is 1. The Morgan fingerprint density at radius 1 is 1.56 bits per heavy atom. The molecule has 7 heteroatoms. The Morgan fingerprint density at radius 2 is 2.33 bits per heavy atom. The fraction of sp³-hybridized carbons (Fsp3) is 0.818. The summed E-state index contributed by atoms with van der Waals surface area (Å²) in [6.07, 6.45) is 0.763. The van der Waals surface area contributed by atoms with E-state index in [1.165, 1.54) is 4.90 Å². The van der Waals surface area contributed by atoms with Gasteiger partial charge >= 0.3 is 12.0 Å². The van der Waals surface area contributed by atoms with Crippen LogP contribution in [0.5, 0.6) is 0 Å². The first kappa shape index (κ1) is 13.5. The summed E-state index contributed by atoms with van der Waals surface area (Å²) in [4.78, 5) is 24.7. The largest absolute Gasteiger partial charge is 0.480 e. The van der Waals surface area contributed by atoms with Crippen molar-refractivity contribution in [1.29, 1.82) is 0 Å². The molecule has 2 heterocycles. The minimum Gasteiger partial charge on any atom is -0.480 e. The summed E-state index contributed by atoms with van der Waals surface area (Å²) < 4.78 is 5.27. The molecule has 2 atom stereocenters. The molecular weight excluding hydrogens is 256 g/mol. The number of nitrogens with zero attached hydrogens (tertiary/aromatic N) is 1. The molecule has 0 spiro atoms. The molecule has 2 aliphatic heterocycles. The van der Waals surface area contributed by atoms with E-state index < -0.39 is 12.0 Å². The second-order valence-corrected chi connectivity index (χ2v) is 6.07. The molecule has 6 nitrogen and oxygen atoms in total. The number of carbonyl (C=O) groups is 2. The van der Waals surface area contributed by atoms with Crippen molar-refractivity contribution in [3.05, 3.63) is 0 Å². The molecule has 102 valence electrons. The Kier molecular flexibility index (Phi) is 4.01. The van der Waals surface area contributed by atoms with Crippen LogP contribution in [0.15, 0.2) is 0 Å². The number of carbonyl (C=O) groups excluding carboxylic acids is 1. The van der Waals surface area contributed by atoms with Gasteiger partial charge in [-0.05, 0) is 13.3 Å². The highest BCUT2D eigenvalue weighted by atomic mass is 32.2. The van der Waals surface area contributed by atoms with E-state index in [2.05, 4.69) is 5.32 Å². The van der Waals surface area contributed by atoms with Crippen LogP contribution in [-0.4, -0.2) is 64.9 Å². The van der Waals surface area contributed by atoms with Crippen molar-refractivity contribution >= 4 is 23.8 Å². The van der Waals surface area contributed by atoms with Gasteiger partial charge in [-0.15, -0.1) is 0 Å². The van der Waals surface area contributed by atoms with Crippen LogP contribution in [0, 0.1) is 0 Å². The van der Waals surface area contributed by atoms with Gasteiger partial charge in [0, 0.05) is 24.7 Å². The van der Waals surface area contributed by atoms with Gasteiger partial charge < -0.3 is 20.1 Å². The fourth-order valence-corrected chi connectivity index (χ4v) is 3.19. The van der Waals surface area contributed by atoms with E-state index >= 15 is 0 Å². The quantitative estimate of drug-likeness (QED) is 0.761. The van der Waals surface area contributed by atoms with E-state index in [0.29, 0.717) is 25.5 Å². The van der Waals surface area contributed by atoms with Crippen LogP contribution in [0.2, 0.25) is 0 Å². The molecule has 0 aromatic rings. The van der Waals surface area contributed by atoms with Crippen molar-refractivity contribution in [2.24, 2.45) is 0 Å². The average Bonchev–Trinajstić information content (AvgIpc) is 2.75. The molecule has 18 heavy (non-hydrogen) atoms. The van der Waals surface area contributed by atoms with Crippen molar-refractivity contribution in [2.45, 2.75) is 24.9 Å². The summed E-state index contributed by atoms with van der Waals surface area (Å²) >= 11 is 1.57. The van der Waals surface area contributed by atoms with Gasteiger partial charge in [-0.3, -0.25) is 0 Å². The van der Waals surface area contributed by atoms with Crippen molar-refractivity contribution < 1.29 is 19.4 Å². The highest BCUT2D eigenvalue weighted by Gasteiger charge is 2.37. The molecule has 0 radical (unpaired) electrons. The van der Waals surface area contributed by atoms with Crippen LogP contribution in [-0.2, 0) is 9.53 Å². The zero-order valence-corrected chi connectivity index (χ0v) is 11.2. The van der Waals surface area contributed by atoms with E-state index in [-0.39, 0.29) is 11.6 Å². The molecule has 2 unspecified atom stereocenters. The predicted molar refractivity (Wildman–Crippen MR) is 67.8 cm³/mol. The Bertz CT molecular complexity index is 344. The third-order valence-corrected chi connectivity index (χ3v) is 4.32. The number of amides is 2. The number of rotatable bonds is 2. The maximum Gasteiger partial charge on any atom is 0.327 e. The number of hydrogen-bond acceptors (Lipinski definition) is 4. The van der Waals surface area contributed by atoms with Crippen LogP contribution in [0.25, 0.3) is 0 Å². The van der Waals surface area contributed by atoms with Crippen LogP contribution in [0.1, 0.15) is 13.3 Å². The molecule has 0 aromatic heterocycles. The van der Waals surface area contributed by atoms with Gasteiger partial charge in [-0.25, -0.2) is 9.59 Å². The van der Waals surface area contributed by atoms with Crippen molar-refractivity contribution in [3.63, 3.8) is 0 Å². The van der Waals surface area contributed by atoms with Crippen LogP contribution < -0.4 is 5.32 Å². The van der Waals surface area contributed by atoms with Crippen molar-refractivity contribution in [2.75, 3.05) is 31.3 Å². The summed E-state index contributed by atoms with van der Waals surface area (Å²) in [6, 6.07) is -1.02. The number of hydrogen-bond donors (Lipinski definition) is 2. The number of carboxylic acids is 1. The lowest BCUT2D eigenvalue weighted by Gasteiger charge is -2.35. The Hall–Kier alpha value is -0.950. The average molecular weight is 274 g/mol. The van der Waals surface area contributed by atoms with Crippen LogP contribution in [0.4, 0.5) is 4.79 Å². The lowest BCUT2D eigenvalue weighted by molar-refractivity contribution is -0.141. The highest BCUT2D eigenvalue weighted by Crippen LogP contribution is 2.21. The fourth-order valence-electron chi connectivity index (χ4n) is 2.15. The molecule has 0 aliphatic carbocycles. The van der Waals surface area contributed by atoms with Crippen molar-refractivity contribution in [1.82, 2.24) is 10.2 Å². The second-order valence-electron chi connectivity index (χ2n) is 4.92. The first-order valence-electron chi connectivity index (χ1n) is 5.99. The number of urea groups is 1. The molecular formula is C11H18N2O4S. The highest BCUT2D eigenvalue weighted by molar-refractivity contribution is 7.99. The minimum absolute atomic E-state index is 0.296. The number of carboxylic acid groups (broad SMARTS) is 1. The van der Waals surface area contributed by atoms with Gasteiger partial charge in [-0.1, -0.05) is 0 Å². The zero-order chi connectivity index (χ0) is 13.2. The second kappa shape index (κ2) is 5.36. The van der Waals surface area contributed by atoms with Gasteiger partial charge in [0.15, 0.2) is 0 Å². The normalized spacial score (nSPS) is 32.3. The molecule has 0 saturated carbocycles. The van der Waals surface area contributed by atoms with E-state index in [1.807, 2.05) is 6.92 Å². The molecule has 2 amide bonds. The molecule has 0 bridgehead atoms. The van der Waals surface area contributed by atoms with E-state index in [4.69, 9.17) is 9.84 Å². The molecule has 2 saturated heterocycles. The molecule has 0 aromatic carbocycles. The lowest BCUT2D eigenvalue weighted by atomic mass is 10.0. The monoisotopic (exact) mass is 274 g/mol. The maximum atomic E-state index is 12.2. The Morgan fingerprint density at radius 3 is 2.94 bits per heavy atom. The maximum absolute atomic E-state index is 12.2. The zero-order valence-electron chi connectivity index (χ0n) is 10.3. The number of nitrogens with one attached hydrogen (secondary N) is 1. The van der Waals surface area contributed by atoms with Gasteiger partial charge in [0.2, 0.25) is 0 Å². The third kappa shape index (κ3) is 2.89. The molecule has 2 rings (SSSR count). The smallest absolute Gasteiger partial charge is 0.327 e. The van der Waals surface area contributed by atoms with Crippen LogP contribution in [0.3, 0.4) is 0 Å². The van der Waals surface area contributed by atoms with E-state index in [1.54, 1.807) is 11.8 Å². The van der Waals surface area contributed by atoms with Gasteiger partial charge in [0.05, 0.1) is 12.1 Å². The molecule has 2 N–H and O–H groups in total. The summed E-state index contributed by atoms with van der Waals surface area (Å²) in [6.45, 7) is 3.52. The number of thioether (sulfide) groups is 1. The van der Waals surface area contributed by atoms with Gasteiger partial charge in [0.25, 0.3) is 0 Å². The summed E-state index contributed by atoms with van der Waals surface area (Å²) in [5.41, 5.74) is -0.370. The number of ether oxygens (including phenoxy) is 1. The molecule has 2 fully saturated rings. The minimum atomic E-state index is -0.940. The Balaban J connectivity index is 2.00. The first-order valence-corrected chi connectivity index (χ1v) is 7.14. The third-order valence-electron chi connectivity index (χ3n) is 3.30. The predicted octanol–water partition coefficient (Wildman–Crippen LogP) is 0.377.